The average Bonchev–Trinajstić information content (AvgIpc) is 2.88. The minimum absolute atomic E-state index is 0.0232. The van der Waals surface area contributed by atoms with Gasteiger partial charge in [0.15, 0.2) is 0 Å². The highest BCUT2D eigenvalue weighted by molar-refractivity contribution is 6.32. The topological polar surface area (TPSA) is 93.3 Å². The summed E-state index contributed by atoms with van der Waals surface area (Å²) in [4.78, 5) is 27.1. The minimum atomic E-state index is -0.588. The lowest BCUT2D eigenvalue weighted by atomic mass is 10.2. The first-order chi connectivity index (χ1) is 12.4. The van der Waals surface area contributed by atoms with Crippen LogP contribution in [0.3, 0.4) is 0 Å². The van der Waals surface area contributed by atoms with Crippen LogP contribution < -0.4 is 5.56 Å². The minimum Gasteiger partial charge on any atom is -0.295 e. The van der Waals surface area contributed by atoms with Crippen LogP contribution in [0.2, 0.25) is 10.0 Å². The molecule has 0 aliphatic carbocycles. The Balaban J connectivity index is 1.99. The van der Waals surface area contributed by atoms with Gasteiger partial charge in [-0.15, -0.1) is 0 Å². The maximum Gasteiger partial charge on any atom is 0.290 e. The molecule has 0 aliphatic heterocycles. The molecule has 0 atom stereocenters. The standard InChI is InChI=1S/C17H12Cl2N4O3/c1-10-14(9-20-12-5-6-15(19)16(8-12)23(25)26)17(24)22(21-10)13-4-2-3-11(18)7-13/h2-9,21H,1H3. The predicted octanol–water partition coefficient (Wildman–Crippen LogP) is 4.44. The van der Waals surface area contributed by atoms with E-state index < -0.39 is 4.92 Å². The predicted molar refractivity (Wildman–Crippen MR) is 101 cm³/mol. The zero-order valence-electron chi connectivity index (χ0n) is 13.4. The van der Waals surface area contributed by atoms with Crippen LogP contribution in [0.1, 0.15) is 11.3 Å². The molecule has 1 N–H and O–H groups in total. The molecular formula is C17H12Cl2N4O3. The average molecular weight is 391 g/mol. The first-order valence-corrected chi connectivity index (χ1v) is 8.18. The number of aliphatic imine (C=N–C) groups is 1. The number of halogens is 2. The van der Waals surface area contributed by atoms with Gasteiger partial charge in [0.05, 0.1) is 21.9 Å². The summed E-state index contributed by atoms with van der Waals surface area (Å²) >= 11 is 11.7. The summed E-state index contributed by atoms with van der Waals surface area (Å²) in [5.74, 6) is 0. The van der Waals surface area contributed by atoms with Crippen molar-refractivity contribution >= 4 is 40.8 Å². The summed E-state index contributed by atoms with van der Waals surface area (Å²) < 4.78 is 1.35. The van der Waals surface area contributed by atoms with Crippen LogP contribution in [0.15, 0.2) is 52.3 Å². The quantitative estimate of drug-likeness (QED) is 0.405. The molecule has 0 amide bonds. The SMILES string of the molecule is Cc1[nH]n(-c2cccc(Cl)c2)c(=O)c1C=Nc1ccc(Cl)c([N+](=O)[O-])c1. The first kappa shape index (κ1) is 17.9. The summed E-state index contributed by atoms with van der Waals surface area (Å²) in [6.07, 6.45) is 1.36. The van der Waals surface area contributed by atoms with Gasteiger partial charge in [0.1, 0.15) is 5.02 Å². The number of rotatable bonds is 4. The van der Waals surface area contributed by atoms with Crippen LogP contribution in [-0.2, 0) is 0 Å². The Morgan fingerprint density at radius 3 is 2.69 bits per heavy atom. The molecule has 1 aromatic heterocycles. The highest BCUT2D eigenvalue weighted by atomic mass is 35.5. The zero-order chi connectivity index (χ0) is 18.8. The Hall–Kier alpha value is -2.90. The molecule has 0 fully saturated rings. The molecule has 7 nitrogen and oxygen atoms in total. The van der Waals surface area contributed by atoms with Crippen molar-refractivity contribution in [3.05, 3.63) is 84.2 Å². The fourth-order valence-electron chi connectivity index (χ4n) is 2.37. The van der Waals surface area contributed by atoms with Crippen LogP contribution in [0.25, 0.3) is 5.69 Å². The van der Waals surface area contributed by atoms with Crippen molar-refractivity contribution in [2.45, 2.75) is 6.92 Å². The third kappa shape index (κ3) is 3.54. The van der Waals surface area contributed by atoms with Crippen molar-refractivity contribution in [1.29, 1.82) is 0 Å². The van der Waals surface area contributed by atoms with E-state index in [1.165, 1.54) is 29.1 Å². The maximum atomic E-state index is 12.6. The second-order valence-electron chi connectivity index (χ2n) is 5.42. The number of benzene rings is 2. The lowest BCUT2D eigenvalue weighted by Gasteiger charge is -2.01. The van der Waals surface area contributed by atoms with Gasteiger partial charge in [-0.1, -0.05) is 29.3 Å². The number of aromatic amines is 1. The Bertz CT molecular complexity index is 1090. The zero-order valence-corrected chi connectivity index (χ0v) is 15.0. The monoisotopic (exact) mass is 390 g/mol. The third-order valence-corrected chi connectivity index (χ3v) is 4.21. The van der Waals surface area contributed by atoms with E-state index in [1.807, 2.05) is 0 Å². The summed E-state index contributed by atoms with van der Waals surface area (Å²) in [6.45, 7) is 1.73. The molecule has 0 saturated carbocycles. The molecule has 2 aromatic carbocycles. The fourth-order valence-corrected chi connectivity index (χ4v) is 2.74. The molecule has 0 bridgehead atoms. The van der Waals surface area contributed by atoms with Crippen molar-refractivity contribution < 1.29 is 4.92 Å². The lowest BCUT2D eigenvalue weighted by molar-refractivity contribution is -0.384. The largest absolute Gasteiger partial charge is 0.295 e. The van der Waals surface area contributed by atoms with Crippen LogP contribution in [0, 0.1) is 17.0 Å². The second kappa shape index (κ2) is 7.15. The Morgan fingerprint density at radius 2 is 2.00 bits per heavy atom. The van der Waals surface area contributed by atoms with Gasteiger partial charge in [-0.05, 0) is 37.3 Å². The van der Waals surface area contributed by atoms with Crippen molar-refractivity contribution in [2.75, 3.05) is 0 Å². The Kier molecular flexibility index (Phi) is 4.92. The molecule has 0 unspecified atom stereocenters. The molecule has 3 rings (SSSR count). The molecule has 0 aliphatic rings. The van der Waals surface area contributed by atoms with Crippen LogP contribution >= 0.6 is 23.2 Å². The molecule has 0 saturated heterocycles. The highest BCUT2D eigenvalue weighted by Gasteiger charge is 2.13. The highest BCUT2D eigenvalue weighted by Crippen LogP contribution is 2.28. The Labute approximate surface area is 157 Å². The molecule has 0 spiro atoms. The van der Waals surface area contributed by atoms with Crippen molar-refractivity contribution in [3.8, 4) is 5.69 Å². The van der Waals surface area contributed by atoms with Gasteiger partial charge in [0.2, 0.25) is 0 Å². The normalized spacial score (nSPS) is 11.2. The number of hydrogen-bond acceptors (Lipinski definition) is 4. The van der Waals surface area contributed by atoms with Gasteiger partial charge >= 0.3 is 0 Å². The van der Waals surface area contributed by atoms with E-state index in [0.29, 0.717) is 27.7 Å². The molecular weight excluding hydrogens is 379 g/mol. The number of H-pyrrole nitrogens is 1. The number of aryl methyl sites for hydroxylation is 1. The number of nitro benzene ring substituents is 1. The molecule has 132 valence electrons. The smallest absolute Gasteiger partial charge is 0.290 e. The van der Waals surface area contributed by atoms with Gasteiger partial charge < -0.3 is 0 Å². The number of nitrogens with zero attached hydrogens (tertiary/aromatic N) is 3. The summed E-state index contributed by atoms with van der Waals surface area (Å²) in [5.41, 5.74) is 1.29. The van der Waals surface area contributed by atoms with E-state index in [-0.39, 0.29) is 16.3 Å². The van der Waals surface area contributed by atoms with Gasteiger partial charge in [-0.25, -0.2) is 4.68 Å². The maximum absolute atomic E-state index is 12.6. The number of nitro groups is 1. The van der Waals surface area contributed by atoms with Crippen LogP contribution in [-0.4, -0.2) is 20.9 Å². The van der Waals surface area contributed by atoms with Crippen LogP contribution in [0.5, 0.6) is 0 Å². The summed E-state index contributed by atoms with van der Waals surface area (Å²) in [6, 6.07) is 11.0. The molecule has 0 radical (unpaired) electrons. The van der Waals surface area contributed by atoms with Gasteiger partial charge in [-0.3, -0.25) is 25.0 Å². The molecule has 1 heterocycles. The number of hydrogen-bond donors (Lipinski definition) is 1. The summed E-state index contributed by atoms with van der Waals surface area (Å²) in [5, 5.41) is 14.4. The van der Waals surface area contributed by atoms with Crippen LogP contribution in [0.4, 0.5) is 11.4 Å². The van der Waals surface area contributed by atoms with Gasteiger partial charge in [-0.2, -0.15) is 0 Å². The Morgan fingerprint density at radius 1 is 1.23 bits per heavy atom. The molecule has 26 heavy (non-hydrogen) atoms. The molecule has 3 aromatic rings. The van der Waals surface area contributed by atoms with Crippen molar-refractivity contribution in [2.24, 2.45) is 4.99 Å². The van der Waals surface area contributed by atoms with Crippen molar-refractivity contribution in [3.63, 3.8) is 0 Å². The van der Waals surface area contributed by atoms with E-state index in [0.717, 1.165) is 0 Å². The van der Waals surface area contributed by atoms with E-state index in [1.54, 1.807) is 31.2 Å². The van der Waals surface area contributed by atoms with E-state index in [2.05, 4.69) is 10.1 Å². The van der Waals surface area contributed by atoms with Gasteiger partial charge in [0, 0.05) is 23.0 Å². The lowest BCUT2D eigenvalue weighted by Crippen LogP contribution is -2.17. The number of aromatic nitrogens is 2. The van der Waals surface area contributed by atoms with E-state index >= 15 is 0 Å². The fraction of sp³-hybridized carbons (Fsp3) is 0.0588. The second-order valence-corrected chi connectivity index (χ2v) is 6.27. The van der Waals surface area contributed by atoms with Gasteiger partial charge in [0.25, 0.3) is 11.2 Å². The molecule has 9 heteroatoms. The van der Waals surface area contributed by atoms with Crippen molar-refractivity contribution in [1.82, 2.24) is 9.78 Å². The first-order valence-electron chi connectivity index (χ1n) is 7.42. The summed E-state index contributed by atoms with van der Waals surface area (Å²) in [7, 11) is 0. The van der Waals surface area contributed by atoms with E-state index in [9.17, 15) is 14.9 Å². The third-order valence-electron chi connectivity index (χ3n) is 3.65. The van der Waals surface area contributed by atoms with E-state index in [4.69, 9.17) is 23.2 Å². The number of nitrogens with one attached hydrogen (secondary N) is 1.